The third-order valence-electron chi connectivity index (χ3n) is 4.56. The Bertz CT molecular complexity index is 776. The van der Waals surface area contributed by atoms with Crippen LogP contribution in [-0.2, 0) is 14.8 Å². The van der Waals surface area contributed by atoms with E-state index in [0.717, 1.165) is 32.2 Å². The molecule has 3 rings (SSSR count). The minimum atomic E-state index is -3.47. The summed E-state index contributed by atoms with van der Waals surface area (Å²) in [7, 11) is -3.47. The number of unbranched alkanes of at least 4 members (excludes halogenated alkanes) is 2. The quantitative estimate of drug-likeness (QED) is 0.730. The molecule has 7 nitrogen and oxygen atoms in total. The maximum Gasteiger partial charge on any atom is 0.263 e. The number of carbonyl (C=O) groups excluding carboxylic acids is 1. The van der Waals surface area contributed by atoms with Crippen LogP contribution in [0.15, 0.2) is 34.2 Å². The number of nitrogens with zero attached hydrogens (tertiary/aromatic N) is 2. The molecule has 3 N–H and O–H groups in total. The van der Waals surface area contributed by atoms with Gasteiger partial charge in [0.1, 0.15) is 5.84 Å². The van der Waals surface area contributed by atoms with Crippen LogP contribution >= 0.6 is 0 Å². The Morgan fingerprint density at radius 1 is 1.28 bits per heavy atom. The molecular formula is C17H24N4O3S. The minimum absolute atomic E-state index is 0.123. The van der Waals surface area contributed by atoms with E-state index in [1.165, 1.54) is 0 Å². The maximum absolute atomic E-state index is 12.0. The number of likely N-dealkylation sites (tertiary alicyclic amines) is 1. The van der Waals surface area contributed by atoms with E-state index in [0.29, 0.717) is 30.9 Å². The number of amidine groups is 1. The van der Waals surface area contributed by atoms with Gasteiger partial charge in [-0.1, -0.05) is 18.6 Å². The van der Waals surface area contributed by atoms with Crippen LogP contribution < -0.4 is 10.5 Å². The lowest BCUT2D eigenvalue weighted by Gasteiger charge is -2.15. The van der Waals surface area contributed by atoms with Gasteiger partial charge < -0.3 is 10.6 Å². The van der Waals surface area contributed by atoms with Gasteiger partial charge in [-0.15, -0.1) is 0 Å². The van der Waals surface area contributed by atoms with E-state index in [4.69, 9.17) is 5.73 Å². The summed E-state index contributed by atoms with van der Waals surface area (Å²) in [5, 5.41) is 0. The summed E-state index contributed by atoms with van der Waals surface area (Å²) >= 11 is 0. The zero-order valence-corrected chi connectivity index (χ0v) is 15.0. The van der Waals surface area contributed by atoms with E-state index >= 15 is 0 Å². The van der Waals surface area contributed by atoms with Crippen molar-refractivity contribution >= 4 is 21.8 Å². The summed E-state index contributed by atoms with van der Waals surface area (Å²) in [5.41, 5.74) is 6.44. The molecule has 25 heavy (non-hydrogen) atoms. The van der Waals surface area contributed by atoms with Gasteiger partial charge in [-0.25, -0.2) is 8.42 Å². The second-order valence-corrected chi connectivity index (χ2v) is 8.18. The normalized spacial score (nSPS) is 22.8. The molecule has 2 aliphatic heterocycles. The molecule has 1 amide bonds. The Balaban J connectivity index is 1.42. The van der Waals surface area contributed by atoms with Crippen molar-refractivity contribution < 1.29 is 13.2 Å². The molecule has 2 heterocycles. The van der Waals surface area contributed by atoms with Crippen molar-refractivity contribution in [1.29, 1.82) is 0 Å². The average molecular weight is 364 g/mol. The highest BCUT2D eigenvalue weighted by atomic mass is 32.2. The van der Waals surface area contributed by atoms with Gasteiger partial charge >= 0.3 is 0 Å². The Labute approximate surface area is 148 Å². The summed E-state index contributed by atoms with van der Waals surface area (Å²) in [6, 6.07) is 6.96. The van der Waals surface area contributed by atoms with Crippen molar-refractivity contribution in [2.45, 2.75) is 43.0 Å². The average Bonchev–Trinajstić information content (AvgIpc) is 3.13. The van der Waals surface area contributed by atoms with Crippen LogP contribution in [-0.4, -0.2) is 50.7 Å². The van der Waals surface area contributed by atoms with Crippen molar-refractivity contribution in [2.75, 3.05) is 19.6 Å². The molecule has 0 aromatic heterocycles. The number of aliphatic imine (C=N–C) groups is 1. The fourth-order valence-electron chi connectivity index (χ4n) is 3.18. The summed E-state index contributed by atoms with van der Waals surface area (Å²) in [4.78, 5) is 18.5. The first-order chi connectivity index (χ1) is 12.0. The number of carbonyl (C=O) groups is 1. The van der Waals surface area contributed by atoms with E-state index in [9.17, 15) is 13.2 Å². The highest BCUT2D eigenvalue weighted by Gasteiger charge is 2.29. The second-order valence-electron chi connectivity index (χ2n) is 6.53. The van der Waals surface area contributed by atoms with Crippen molar-refractivity contribution in [1.82, 2.24) is 9.62 Å². The lowest BCUT2D eigenvalue weighted by atomic mass is 10.1. The number of fused-ring (bicyclic) bond motifs is 1. The van der Waals surface area contributed by atoms with E-state index in [1.54, 1.807) is 24.3 Å². The van der Waals surface area contributed by atoms with Gasteiger partial charge in [-0.05, 0) is 31.4 Å². The molecule has 0 unspecified atom stereocenters. The molecule has 1 aromatic carbocycles. The number of rotatable bonds is 6. The minimum Gasteiger partial charge on any atom is -0.341 e. The molecule has 0 aliphatic carbocycles. The van der Waals surface area contributed by atoms with E-state index < -0.39 is 10.0 Å². The summed E-state index contributed by atoms with van der Waals surface area (Å²) < 4.78 is 26.5. The first-order valence-corrected chi connectivity index (χ1v) is 10.2. The van der Waals surface area contributed by atoms with Gasteiger partial charge in [-0.2, -0.15) is 0 Å². The monoisotopic (exact) mass is 364 g/mol. The zero-order valence-electron chi connectivity index (χ0n) is 14.1. The summed E-state index contributed by atoms with van der Waals surface area (Å²) in [6.45, 7) is 1.98. The van der Waals surface area contributed by atoms with Crippen molar-refractivity contribution in [3.05, 3.63) is 29.8 Å². The Kier molecular flexibility index (Phi) is 5.39. The highest BCUT2D eigenvalue weighted by Crippen LogP contribution is 2.22. The van der Waals surface area contributed by atoms with E-state index in [1.807, 2.05) is 4.90 Å². The number of hydrogen-bond acceptors (Lipinski definition) is 5. The molecule has 0 spiro atoms. The summed E-state index contributed by atoms with van der Waals surface area (Å²) in [6.07, 6.45) is 3.95. The second kappa shape index (κ2) is 7.53. The molecule has 1 aromatic rings. The number of sulfonamides is 1. The molecule has 1 atom stereocenters. The van der Waals surface area contributed by atoms with Crippen LogP contribution in [0.1, 0.15) is 37.7 Å². The van der Waals surface area contributed by atoms with Crippen molar-refractivity contribution in [3.63, 3.8) is 0 Å². The standard InChI is InChI=1S/C17H24N4O3S/c18-13-9-11-21(12-13)16(22)8-2-1-5-10-19-17-14-6-3-4-7-15(14)25(23,24)20-17/h3-4,6-7,13H,1-2,5,8-12,18H2,(H,19,20)/t13-/m1/s1. The predicted molar refractivity (Wildman–Crippen MR) is 95.8 cm³/mol. The van der Waals surface area contributed by atoms with Crippen LogP contribution in [0.5, 0.6) is 0 Å². The third-order valence-corrected chi connectivity index (χ3v) is 5.96. The molecular weight excluding hydrogens is 340 g/mol. The van der Waals surface area contributed by atoms with E-state index in [2.05, 4.69) is 9.71 Å². The lowest BCUT2D eigenvalue weighted by Crippen LogP contribution is -2.31. The number of nitrogens with one attached hydrogen (secondary N) is 1. The third kappa shape index (κ3) is 4.19. The molecule has 0 bridgehead atoms. The molecule has 1 fully saturated rings. The van der Waals surface area contributed by atoms with Crippen LogP contribution in [0.2, 0.25) is 0 Å². The SMILES string of the molecule is N[C@@H]1CCN(C(=O)CCCCCN=C2NS(=O)(=O)c3ccccc32)C1. The molecule has 0 radical (unpaired) electrons. The smallest absolute Gasteiger partial charge is 0.263 e. The Morgan fingerprint density at radius 3 is 2.84 bits per heavy atom. The molecule has 136 valence electrons. The number of hydrogen-bond donors (Lipinski definition) is 2. The van der Waals surface area contributed by atoms with Gasteiger partial charge in [0.15, 0.2) is 0 Å². The molecule has 8 heteroatoms. The van der Waals surface area contributed by atoms with Gasteiger partial charge in [0.05, 0.1) is 4.90 Å². The van der Waals surface area contributed by atoms with Gasteiger partial charge in [0.2, 0.25) is 5.91 Å². The zero-order chi connectivity index (χ0) is 17.9. The van der Waals surface area contributed by atoms with E-state index in [-0.39, 0.29) is 16.8 Å². The summed E-state index contributed by atoms with van der Waals surface area (Å²) in [5.74, 6) is 0.592. The van der Waals surface area contributed by atoms with Crippen LogP contribution in [0.4, 0.5) is 0 Å². The number of nitrogens with two attached hydrogens (primary N) is 1. The largest absolute Gasteiger partial charge is 0.341 e. The molecule has 2 aliphatic rings. The predicted octanol–water partition coefficient (Wildman–Crippen LogP) is 0.845. The first kappa shape index (κ1) is 17.9. The number of benzene rings is 1. The molecule has 0 saturated carbocycles. The van der Waals surface area contributed by atoms with Gasteiger partial charge in [0.25, 0.3) is 10.0 Å². The Hall–Kier alpha value is -1.93. The number of amides is 1. The maximum atomic E-state index is 12.0. The van der Waals surface area contributed by atoms with Gasteiger partial charge in [0, 0.05) is 37.7 Å². The van der Waals surface area contributed by atoms with Crippen molar-refractivity contribution in [3.8, 4) is 0 Å². The van der Waals surface area contributed by atoms with Gasteiger partial charge in [-0.3, -0.25) is 14.5 Å². The van der Waals surface area contributed by atoms with Crippen LogP contribution in [0, 0.1) is 0 Å². The first-order valence-electron chi connectivity index (χ1n) is 8.67. The van der Waals surface area contributed by atoms with Crippen LogP contribution in [0.25, 0.3) is 0 Å². The fraction of sp³-hybridized carbons (Fsp3) is 0.529. The van der Waals surface area contributed by atoms with Crippen LogP contribution in [0.3, 0.4) is 0 Å². The fourth-order valence-corrected chi connectivity index (χ4v) is 4.43. The highest BCUT2D eigenvalue weighted by molar-refractivity contribution is 7.90. The van der Waals surface area contributed by atoms with Crippen molar-refractivity contribution in [2.24, 2.45) is 10.7 Å². The molecule has 1 saturated heterocycles. The Morgan fingerprint density at radius 2 is 2.08 bits per heavy atom. The lowest BCUT2D eigenvalue weighted by molar-refractivity contribution is -0.130. The topological polar surface area (TPSA) is 105 Å².